The van der Waals surface area contributed by atoms with Gasteiger partial charge in [0.25, 0.3) is 5.91 Å². The topological polar surface area (TPSA) is 64.6 Å². The highest BCUT2D eigenvalue weighted by molar-refractivity contribution is 6.33. The van der Waals surface area contributed by atoms with E-state index in [1.807, 2.05) is 0 Å². The first-order valence-corrected chi connectivity index (χ1v) is 8.63. The molecule has 0 aliphatic heterocycles. The lowest BCUT2D eigenvalue weighted by molar-refractivity contribution is -0.154. The van der Waals surface area contributed by atoms with Gasteiger partial charge in [-0.15, -0.1) is 0 Å². The molecule has 0 radical (unpaired) electrons. The average Bonchev–Trinajstić information content (AvgIpc) is 2.66. The Kier molecular flexibility index (Phi) is 7.28. The highest BCUT2D eigenvalue weighted by Crippen LogP contribution is 2.33. The number of carbonyl (C=O) groups is 2. The van der Waals surface area contributed by atoms with Gasteiger partial charge in [-0.1, -0.05) is 36.7 Å². The van der Waals surface area contributed by atoms with Gasteiger partial charge in [0.05, 0.1) is 16.3 Å². The van der Waals surface area contributed by atoms with Crippen LogP contribution in [0.3, 0.4) is 0 Å². The molecule has 9 heteroatoms. The molecule has 0 saturated heterocycles. The Morgan fingerprint density at radius 3 is 2.43 bits per heavy atom. The number of esters is 1. The number of halogens is 4. The van der Waals surface area contributed by atoms with E-state index >= 15 is 0 Å². The smallest absolute Gasteiger partial charge is 0.416 e. The molecule has 0 aliphatic rings. The third-order valence-electron chi connectivity index (χ3n) is 3.57. The Morgan fingerprint density at radius 1 is 1.14 bits per heavy atom. The van der Waals surface area contributed by atoms with Crippen LogP contribution in [0.4, 0.5) is 18.9 Å². The molecule has 2 aromatic carbocycles. The number of benzene rings is 2. The van der Waals surface area contributed by atoms with Crippen LogP contribution in [0.1, 0.15) is 18.9 Å². The predicted molar refractivity (Wildman–Crippen MR) is 97.2 cm³/mol. The minimum Gasteiger partial charge on any atom is -0.479 e. The number of nitrogens with one attached hydrogen (secondary N) is 1. The van der Waals surface area contributed by atoms with Gasteiger partial charge < -0.3 is 14.8 Å². The van der Waals surface area contributed by atoms with E-state index in [2.05, 4.69) is 5.32 Å². The number of ether oxygens (including phenoxy) is 2. The zero-order valence-corrected chi connectivity index (χ0v) is 15.5. The third-order valence-corrected chi connectivity index (χ3v) is 3.90. The lowest BCUT2D eigenvalue weighted by atomic mass is 10.2. The summed E-state index contributed by atoms with van der Waals surface area (Å²) in [4.78, 5) is 24.0. The summed E-state index contributed by atoms with van der Waals surface area (Å²) in [5.41, 5.74) is -1.20. The molecule has 1 atom stereocenters. The Bertz CT molecular complexity index is 828. The number of para-hydroxylation sites is 1. The number of carbonyl (C=O) groups excluding carboxylic acids is 2. The highest BCUT2D eigenvalue weighted by Gasteiger charge is 2.31. The molecule has 28 heavy (non-hydrogen) atoms. The van der Waals surface area contributed by atoms with Crippen LogP contribution in [0.25, 0.3) is 0 Å². The van der Waals surface area contributed by atoms with E-state index in [0.717, 1.165) is 12.1 Å². The molecule has 0 heterocycles. The predicted octanol–water partition coefficient (Wildman–Crippen LogP) is 4.70. The lowest BCUT2D eigenvalue weighted by Gasteiger charge is -2.16. The van der Waals surface area contributed by atoms with E-state index in [9.17, 15) is 22.8 Å². The van der Waals surface area contributed by atoms with Crippen LogP contribution in [0.15, 0.2) is 48.5 Å². The minimum absolute atomic E-state index is 0.0773. The third kappa shape index (κ3) is 6.16. The zero-order valence-electron chi connectivity index (χ0n) is 14.8. The van der Waals surface area contributed by atoms with E-state index in [0.29, 0.717) is 18.2 Å². The molecule has 1 amide bonds. The first-order valence-electron chi connectivity index (χ1n) is 8.25. The summed E-state index contributed by atoms with van der Waals surface area (Å²) < 4.78 is 48.7. The van der Waals surface area contributed by atoms with Crippen LogP contribution in [0.2, 0.25) is 5.02 Å². The Morgan fingerprint density at radius 2 is 1.82 bits per heavy atom. The number of alkyl halides is 3. The summed E-state index contributed by atoms with van der Waals surface area (Å²) in [7, 11) is 0. The first-order chi connectivity index (χ1) is 13.2. The summed E-state index contributed by atoms with van der Waals surface area (Å²) in [6, 6.07) is 11.1. The van der Waals surface area contributed by atoms with Crippen molar-refractivity contribution in [3.8, 4) is 5.75 Å². The normalized spacial score (nSPS) is 12.2. The molecule has 0 aromatic heterocycles. The van der Waals surface area contributed by atoms with Gasteiger partial charge in [-0.05, 0) is 36.8 Å². The Hall–Kier alpha value is -2.74. The molecule has 0 spiro atoms. The quantitative estimate of drug-likeness (QED) is 0.666. The van der Waals surface area contributed by atoms with E-state index in [1.165, 1.54) is 0 Å². The molecule has 0 aliphatic carbocycles. The summed E-state index contributed by atoms with van der Waals surface area (Å²) >= 11 is 5.81. The van der Waals surface area contributed by atoms with Crippen LogP contribution in [0.5, 0.6) is 5.75 Å². The van der Waals surface area contributed by atoms with Gasteiger partial charge in [0.15, 0.2) is 12.7 Å². The van der Waals surface area contributed by atoms with Crippen LogP contribution in [-0.2, 0) is 20.5 Å². The summed E-state index contributed by atoms with van der Waals surface area (Å²) in [6.45, 7) is 1.01. The second kappa shape index (κ2) is 9.45. The zero-order chi connectivity index (χ0) is 20.7. The molecule has 0 bridgehead atoms. The van der Waals surface area contributed by atoms with Crippen molar-refractivity contribution in [2.75, 3.05) is 11.9 Å². The second-order valence-electron chi connectivity index (χ2n) is 5.68. The molecule has 1 N–H and O–H groups in total. The molecular weight excluding hydrogens is 399 g/mol. The molecule has 0 fully saturated rings. The molecule has 2 aromatic rings. The monoisotopic (exact) mass is 415 g/mol. The summed E-state index contributed by atoms with van der Waals surface area (Å²) in [5.74, 6) is -1.13. The van der Waals surface area contributed by atoms with Crippen molar-refractivity contribution in [3.05, 3.63) is 59.1 Å². The number of hydrogen-bond donors (Lipinski definition) is 1. The fourth-order valence-electron chi connectivity index (χ4n) is 2.17. The lowest BCUT2D eigenvalue weighted by Crippen LogP contribution is -2.31. The van der Waals surface area contributed by atoms with Crippen LogP contribution in [-0.4, -0.2) is 24.6 Å². The largest absolute Gasteiger partial charge is 0.479 e. The molecule has 2 rings (SSSR count). The maximum Gasteiger partial charge on any atom is 0.416 e. The molecule has 0 unspecified atom stereocenters. The van der Waals surface area contributed by atoms with Gasteiger partial charge in [0.2, 0.25) is 0 Å². The number of rotatable bonds is 7. The average molecular weight is 416 g/mol. The van der Waals surface area contributed by atoms with Crippen molar-refractivity contribution < 1.29 is 32.2 Å². The van der Waals surface area contributed by atoms with Crippen molar-refractivity contribution in [1.82, 2.24) is 0 Å². The van der Waals surface area contributed by atoms with Gasteiger partial charge in [-0.3, -0.25) is 4.79 Å². The molecule has 0 saturated carbocycles. The van der Waals surface area contributed by atoms with Gasteiger partial charge >= 0.3 is 12.1 Å². The van der Waals surface area contributed by atoms with Crippen molar-refractivity contribution >= 4 is 29.2 Å². The van der Waals surface area contributed by atoms with Crippen molar-refractivity contribution in [1.29, 1.82) is 0 Å². The van der Waals surface area contributed by atoms with Crippen LogP contribution < -0.4 is 10.1 Å². The maximum atomic E-state index is 12.8. The maximum absolute atomic E-state index is 12.8. The van der Waals surface area contributed by atoms with Crippen molar-refractivity contribution in [2.45, 2.75) is 25.6 Å². The van der Waals surface area contributed by atoms with Gasteiger partial charge in [-0.2, -0.15) is 13.2 Å². The van der Waals surface area contributed by atoms with E-state index in [1.54, 1.807) is 37.3 Å². The first kappa shape index (κ1) is 21.6. The van der Waals surface area contributed by atoms with Crippen LogP contribution >= 0.6 is 11.6 Å². The van der Waals surface area contributed by atoms with Crippen molar-refractivity contribution in [3.63, 3.8) is 0 Å². The Balaban J connectivity index is 1.93. The molecule has 150 valence electrons. The van der Waals surface area contributed by atoms with Gasteiger partial charge in [0.1, 0.15) is 5.75 Å². The fourth-order valence-corrected chi connectivity index (χ4v) is 2.34. The van der Waals surface area contributed by atoms with Gasteiger partial charge in [-0.25, -0.2) is 4.79 Å². The molecular formula is C19H17ClF3NO4. The second-order valence-corrected chi connectivity index (χ2v) is 6.08. The number of hydrogen-bond acceptors (Lipinski definition) is 4. The van der Waals surface area contributed by atoms with Crippen molar-refractivity contribution in [2.24, 2.45) is 0 Å². The number of anilines is 1. The van der Waals surface area contributed by atoms with E-state index in [-0.39, 0.29) is 10.7 Å². The summed E-state index contributed by atoms with van der Waals surface area (Å²) in [6.07, 6.45) is -5.21. The minimum atomic E-state index is -4.58. The highest BCUT2D eigenvalue weighted by atomic mass is 35.5. The van der Waals surface area contributed by atoms with Crippen LogP contribution in [0, 0.1) is 0 Å². The van der Waals surface area contributed by atoms with Gasteiger partial charge in [0, 0.05) is 0 Å². The van der Waals surface area contributed by atoms with E-state index < -0.39 is 36.3 Å². The SMILES string of the molecule is CC[C@H](Oc1ccccc1)C(=O)OCC(=O)Nc1cc(C(F)(F)F)ccc1Cl. The Labute approximate surface area is 164 Å². The standard InChI is InChI=1S/C19H17ClF3NO4/c1-2-16(28-13-6-4-3-5-7-13)18(26)27-11-17(25)24-15-10-12(19(21,22)23)8-9-14(15)20/h3-10,16H,2,11H2,1H3,(H,24,25)/t16-/m0/s1. The molecule has 5 nitrogen and oxygen atoms in total. The number of amides is 1. The fraction of sp³-hybridized carbons (Fsp3) is 0.263. The van der Waals surface area contributed by atoms with E-state index in [4.69, 9.17) is 21.1 Å². The summed E-state index contributed by atoms with van der Waals surface area (Å²) in [5, 5.41) is 2.12.